The van der Waals surface area contributed by atoms with E-state index in [1.807, 2.05) is 6.92 Å². The fourth-order valence-electron chi connectivity index (χ4n) is 3.53. The Morgan fingerprint density at radius 3 is 2.05 bits per heavy atom. The number of amides is 2. The predicted octanol–water partition coefficient (Wildman–Crippen LogP) is -2.80. The topological polar surface area (TPSA) is 247 Å². The van der Waals surface area contributed by atoms with Gasteiger partial charge in [0.25, 0.3) is 0 Å². The molecule has 0 saturated carbocycles. The Morgan fingerprint density at radius 2 is 1.55 bits per heavy atom. The van der Waals surface area contributed by atoms with Gasteiger partial charge in [-0.25, -0.2) is 9.79 Å². The van der Waals surface area contributed by atoms with E-state index in [0.717, 1.165) is 12.5 Å². The number of carboxylic acids is 1. The van der Waals surface area contributed by atoms with Crippen molar-refractivity contribution in [1.29, 1.82) is 0 Å². The van der Waals surface area contributed by atoms with Crippen LogP contribution < -0.4 is 22.1 Å². The number of aliphatic imine (C=N–C) groups is 1. The standard InChI is InChI=1S/C24H43N5O11/c1-3-5-36-7-9-38-11-12-39-10-8-37-6-4-19(32)27-14-17(31)21(33)22-20(28-15(2)30)16(29-24(25)26)13-18(40-22)23(34)35/h13,16-17,20-22,31,33H,3-12,14H2,1-2H3,(H,27,32)(H,28,30)(H,34,35)(H4,25,26,29)/t16-,17+,20+,21+,22+/m0/s1. The van der Waals surface area contributed by atoms with E-state index in [1.165, 1.54) is 6.92 Å². The average Bonchev–Trinajstić information content (AvgIpc) is 2.89. The van der Waals surface area contributed by atoms with Crippen LogP contribution in [-0.4, -0.2) is 129 Å². The third-order valence-electron chi connectivity index (χ3n) is 5.36. The van der Waals surface area contributed by atoms with Gasteiger partial charge in [-0.15, -0.1) is 0 Å². The van der Waals surface area contributed by atoms with E-state index in [1.54, 1.807) is 0 Å². The van der Waals surface area contributed by atoms with E-state index < -0.39 is 66.4 Å². The van der Waals surface area contributed by atoms with Gasteiger partial charge in [-0.2, -0.15) is 0 Å². The van der Waals surface area contributed by atoms with Gasteiger partial charge in [0.2, 0.25) is 17.6 Å². The van der Waals surface area contributed by atoms with Crippen LogP contribution in [0.2, 0.25) is 0 Å². The summed E-state index contributed by atoms with van der Waals surface area (Å²) < 4.78 is 26.7. The second kappa shape index (κ2) is 19.9. The van der Waals surface area contributed by atoms with Gasteiger partial charge in [0.1, 0.15) is 18.3 Å². The molecule has 1 heterocycles. The van der Waals surface area contributed by atoms with Gasteiger partial charge in [-0.3, -0.25) is 9.59 Å². The van der Waals surface area contributed by atoms with Crippen molar-refractivity contribution in [2.24, 2.45) is 16.5 Å². The minimum atomic E-state index is -1.74. The number of aliphatic hydroxyl groups is 2. The van der Waals surface area contributed by atoms with E-state index in [2.05, 4.69) is 15.6 Å². The molecule has 0 radical (unpaired) electrons. The molecular formula is C24H43N5O11. The monoisotopic (exact) mass is 577 g/mol. The minimum absolute atomic E-state index is 0.0173. The van der Waals surface area contributed by atoms with E-state index in [-0.39, 0.29) is 19.6 Å². The zero-order valence-corrected chi connectivity index (χ0v) is 23.0. The third kappa shape index (κ3) is 14.4. The summed E-state index contributed by atoms with van der Waals surface area (Å²) in [5, 5.41) is 35.5. The normalized spacial score (nSPS) is 20.0. The van der Waals surface area contributed by atoms with E-state index >= 15 is 0 Å². The van der Waals surface area contributed by atoms with Gasteiger partial charge in [-0.05, 0) is 12.5 Å². The zero-order chi connectivity index (χ0) is 29.9. The molecule has 0 bridgehead atoms. The highest BCUT2D eigenvalue weighted by molar-refractivity contribution is 5.85. The minimum Gasteiger partial charge on any atom is -0.478 e. The largest absolute Gasteiger partial charge is 0.478 e. The molecule has 0 spiro atoms. The molecule has 1 aliphatic rings. The first-order valence-corrected chi connectivity index (χ1v) is 13.0. The molecule has 2 amide bonds. The summed E-state index contributed by atoms with van der Waals surface area (Å²) in [7, 11) is 0. The quantitative estimate of drug-likeness (QED) is 0.0414. The molecule has 0 aromatic rings. The Kier molecular flexibility index (Phi) is 17.5. The van der Waals surface area contributed by atoms with Crippen LogP contribution in [0, 0.1) is 0 Å². The molecule has 0 aliphatic carbocycles. The number of carboxylic acid groups (broad SMARTS) is 1. The first-order chi connectivity index (χ1) is 19.1. The van der Waals surface area contributed by atoms with Crippen LogP contribution in [-0.2, 0) is 38.1 Å². The molecule has 5 atom stereocenters. The number of rotatable bonds is 21. The van der Waals surface area contributed by atoms with Crippen molar-refractivity contribution >= 4 is 23.7 Å². The number of nitrogens with zero attached hydrogens (tertiary/aromatic N) is 1. The maximum atomic E-state index is 12.1. The Labute approximate surface area is 233 Å². The lowest BCUT2D eigenvalue weighted by Crippen LogP contribution is -2.60. The van der Waals surface area contributed by atoms with Crippen molar-refractivity contribution in [2.45, 2.75) is 57.1 Å². The van der Waals surface area contributed by atoms with E-state index in [9.17, 15) is 29.7 Å². The highest BCUT2D eigenvalue weighted by atomic mass is 16.6. The van der Waals surface area contributed by atoms with E-state index in [4.69, 9.17) is 35.2 Å². The van der Waals surface area contributed by atoms with Gasteiger partial charge >= 0.3 is 5.97 Å². The van der Waals surface area contributed by atoms with Crippen LogP contribution in [0.15, 0.2) is 16.8 Å². The Hall–Kier alpha value is -3.02. The molecule has 0 aromatic heterocycles. The molecule has 40 heavy (non-hydrogen) atoms. The lowest BCUT2D eigenvalue weighted by molar-refractivity contribution is -0.144. The number of nitrogens with one attached hydrogen (secondary N) is 2. The van der Waals surface area contributed by atoms with Crippen LogP contribution in [0.4, 0.5) is 0 Å². The first kappa shape index (κ1) is 35.0. The maximum Gasteiger partial charge on any atom is 0.370 e. The second-order valence-electron chi connectivity index (χ2n) is 8.75. The van der Waals surface area contributed by atoms with Crippen molar-refractivity contribution in [1.82, 2.24) is 10.6 Å². The lowest BCUT2D eigenvalue weighted by atomic mass is 9.92. The molecule has 16 nitrogen and oxygen atoms in total. The van der Waals surface area contributed by atoms with Crippen molar-refractivity contribution < 1.29 is 53.4 Å². The van der Waals surface area contributed by atoms with Gasteiger partial charge in [0.15, 0.2) is 5.96 Å². The highest BCUT2D eigenvalue weighted by Crippen LogP contribution is 2.24. The third-order valence-corrected chi connectivity index (χ3v) is 5.36. The molecule has 1 aliphatic heterocycles. The number of carbonyl (C=O) groups excluding carboxylic acids is 2. The Morgan fingerprint density at radius 1 is 1.00 bits per heavy atom. The van der Waals surface area contributed by atoms with Crippen molar-refractivity contribution in [2.75, 3.05) is 59.4 Å². The number of hydrogen-bond acceptors (Lipinski definition) is 11. The number of hydrogen-bond donors (Lipinski definition) is 7. The number of aliphatic carboxylic acids is 1. The van der Waals surface area contributed by atoms with Crippen LogP contribution in [0.1, 0.15) is 26.7 Å². The Bertz CT molecular complexity index is 838. The maximum absolute atomic E-state index is 12.1. The molecule has 0 saturated heterocycles. The fraction of sp³-hybridized carbons (Fsp3) is 0.750. The number of guanidine groups is 1. The summed E-state index contributed by atoms with van der Waals surface area (Å²) >= 11 is 0. The summed E-state index contributed by atoms with van der Waals surface area (Å²) in [6, 6.07) is -2.22. The van der Waals surface area contributed by atoms with Gasteiger partial charge in [0, 0.05) is 26.5 Å². The van der Waals surface area contributed by atoms with Gasteiger partial charge in [0.05, 0.1) is 58.3 Å². The molecular weight excluding hydrogens is 534 g/mol. The number of ether oxygens (including phenoxy) is 5. The second-order valence-corrected chi connectivity index (χ2v) is 8.75. The number of carbonyl (C=O) groups is 3. The molecule has 230 valence electrons. The number of aliphatic hydroxyl groups excluding tert-OH is 2. The Balaban J connectivity index is 2.41. The summed E-state index contributed by atoms with van der Waals surface area (Å²) in [4.78, 5) is 39.3. The SMILES string of the molecule is CCCOCCOCCOCCOCCC(=O)NC[C@@H](O)[C@@H](O)[C@@H]1OC(C(=O)O)=C[C@H](N=C(N)N)[C@H]1NC(C)=O. The van der Waals surface area contributed by atoms with Gasteiger partial charge in [-0.1, -0.05) is 6.92 Å². The zero-order valence-electron chi connectivity index (χ0n) is 23.0. The van der Waals surface area contributed by atoms with Crippen LogP contribution in [0.3, 0.4) is 0 Å². The van der Waals surface area contributed by atoms with Crippen molar-refractivity contribution in [3.05, 3.63) is 11.8 Å². The lowest BCUT2D eigenvalue weighted by Gasteiger charge is -2.38. The molecule has 0 unspecified atom stereocenters. The summed E-state index contributed by atoms with van der Waals surface area (Å²) in [5.74, 6) is -3.44. The number of nitrogens with two attached hydrogens (primary N) is 2. The molecule has 0 fully saturated rings. The van der Waals surface area contributed by atoms with Gasteiger partial charge < -0.3 is 61.1 Å². The van der Waals surface area contributed by atoms with Crippen LogP contribution in [0.5, 0.6) is 0 Å². The summed E-state index contributed by atoms with van der Waals surface area (Å²) in [6.07, 6.45) is -2.76. The summed E-state index contributed by atoms with van der Waals surface area (Å²) in [5.41, 5.74) is 10.8. The predicted molar refractivity (Wildman–Crippen MR) is 141 cm³/mol. The molecule has 16 heteroatoms. The fourth-order valence-corrected chi connectivity index (χ4v) is 3.53. The first-order valence-electron chi connectivity index (χ1n) is 13.0. The molecule has 1 rings (SSSR count). The highest BCUT2D eigenvalue weighted by Gasteiger charge is 2.43. The molecule has 0 aromatic carbocycles. The smallest absolute Gasteiger partial charge is 0.370 e. The van der Waals surface area contributed by atoms with Crippen LogP contribution in [0.25, 0.3) is 0 Å². The van der Waals surface area contributed by atoms with Crippen molar-refractivity contribution in [3.8, 4) is 0 Å². The van der Waals surface area contributed by atoms with Crippen LogP contribution >= 0.6 is 0 Å². The van der Waals surface area contributed by atoms with Crippen molar-refractivity contribution in [3.63, 3.8) is 0 Å². The average molecular weight is 578 g/mol. The van der Waals surface area contributed by atoms with E-state index in [0.29, 0.717) is 39.6 Å². The molecule has 9 N–H and O–H groups in total. The summed E-state index contributed by atoms with van der Waals surface area (Å²) in [6.45, 7) is 6.13.